The summed E-state index contributed by atoms with van der Waals surface area (Å²) in [5, 5.41) is 3.02. The Morgan fingerprint density at radius 1 is 1.24 bits per heavy atom. The number of nitrogens with one attached hydrogen (secondary N) is 2. The van der Waals surface area contributed by atoms with Gasteiger partial charge in [0.05, 0.1) is 19.2 Å². The predicted octanol–water partition coefficient (Wildman–Crippen LogP) is 1.67. The van der Waals surface area contributed by atoms with E-state index >= 15 is 0 Å². The lowest BCUT2D eigenvalue weighted by atomic mass is 10.3. The van der Waals surface area contributed by atoms with E-state index in [1.54, 1.807) is 7.05 Å². The number of rotatable bonds is 7. The molecule has 9 heteroatoms. The maximum Gasteiger partial charge on any atom is 0.242 e. The first-order chi connectivity index (χ1) is 9.35. The molecule has 0 aliphatic carbocycles. The van der Waals surface area contributed by atoms with Crippen molar-refractivity contribution in [1.82, 2.24) is 10.0 Å². The van der Waals surface area contributed by atoms with E-state index in [0.29, 0.717) is 11.5 Å². The van der Waals surface area contributed by atoms with Gasteiger partial charge in [-0.1, -0.05) is 11.6 Å². The summed E-state index contributed by atoms with van der Waals surface area (Å²) in [5.74, 6) is 0.680. The van der Waals surface area contributed by atoms with Gasteiger partial charge >= 0.3 is 0 Å². The number of ether oxygens (including phenoxy) is 2. The Labute approximate surface area is 136 Å². The second-order valence-corrected chi connectivity index (χ2v) is 6.32. The van der Waals surface area contributed by atoms with Crippen LogP contribution in [0.15, 0.2) is 17.0 Å². The Kier molecular flexibility index (Phi) is 8.35. The normalized spacial score (nSPS) is 12.4. The van der Waals surface area contributed by atoms with Crippen molar-refractivity contribution in [2.45, 2.75) is 17.9 Å². The number of hydrogen-bond acceptors (Lipinski definition) is 5. The molecule has 1 atom stereocenters. The van der Waals surface area contributed by atoms with E-state index in [4.69, 9.17) is 21.1 Å². The molecular formula is C12H20Cl2N2O4S. The average molecular weight is 359 g/mol. The lowest BCUT2D eigenvalue weighted by Crippen LogP contribution is -2.37. The molecule has 0 bridgehead atoms. The molecule has 0 aliphatic rings. The van der Waals surface area contributed by atoms with Crippen LogP contribution in [0.2, 0.25) is 5.02 Å². The maximum atomic E-state index is 12.2. The van der Waals surface area contributed by atoms with Crippen molar-refractivity contribution >= 4 is 34.0 Å². The zero-order valence-electron chi connectivity index (χ0n) is 12.3. The Morgan fingerprint density at radius 2 is 1.76 bits per heavy atom. The molecule has 0 radical (unpaired) electrons. The van der Waals surface area contributed by atoms with E-state index in [1.807, 2.05) is 6.92 Å². The summed E-state index contributed by atoms with van der Waals surface area (Å²) in [5.41, 5.74) is 0. The lowest BCUT2D eigenvalue weighted by Gasteiger charge is -2.14. The van der Waals surface area contributed by atoms with E-state index in [0.717, 1.165) is 0 Å². The van der Waals surface area contributed by atoms with Crippen molar-refractivity contribution in [1.29, 1.82) is 0 Å². The van der Waals surface area contributed by atoms with Gasteiger partial charge in [0.15, 0.2) is 11.5 Å². The Morgan fingerprint density at radius 3 is 2.24 bits per heavy atom. The van der Waals surface area contributed by atoms with Crippen molar-refractivity contribution in [3.05, 3.63) is 17.2 Å². The van der Waals surface area contributed by atoms with Gasteiger partial charge < -0.3 is 14.8 Å². The number of methoxy groups -OCH3 is 2. The highest BCUT2D eigenvalue weighted by atomic mass is 35.5. The highest BCUT2D eigenvalue weighted by Crippen LogP contribution is 2.35. The number of hydrogen-bond donors (Lipinski definition) is 2. The average Bonchev–Trinajstić information content (AvgIpc) is 2.44. The Hall–Kier alpha value is -0.730. The first kappa shape index (κ1) is 20.3. The molecular weight excluding hydrogens is 339 g/mol. The molecule has 21 heavy (non-hydrogen) atoms. The van der Waals surface area contributed by atoms with Crippen molar-refractivity contribution in [3.63, 3.8) is 0 Å². The summed E-state index contributed by atoms with van der Waals surface area (Å²) in [6, 6.07) is 2.76. The molecule has 1 aromatic carbocycles. The van der Waals surface area contributed by atoms with Crippen LogP contribution in [0.3, 0.4) is 0 Å². The molecule has 0 spiro atoms. The second-order valence-electron chi connectivity index (χ2n) is 4.18. The number of benzene rings is 1. The van der Waals surface area contributed by atoms with Crippen molar-refractivity contribution in [2.24, 2.45) is 0 Å². The van der Waals surface area contributed by atoms with E-state index in [1.165, 1.54) is 26.4 Å². The monoisotopic (exact) mass is 358 g/mol. The standard InChI is InChI=1S/C12H19ClN2O4S.ClH/c1-8(14-2)7-15-20(16,17)12-6-11(19-4)10(18-3)5-9(12)13;/h5-6,8,14-15H,7H2,1-4H3;1H. The van der Waals surface area contributed by atoms with Gasteiger partial charge in [0.1, 0.15) is 4.90 Å². The van der Waals surface area contributed by atoms with Crippen LogP contribution in [0, 0.1) is 0 Å². The van der Waals surface area contributed by atoms with Gasteiger partial charge in [-0.05, 0) is 14.0 Å². The molecule has 0 aliphatic heterocycles. The predicted molar refractivity (Wildman–Crippen MR) is 85.5 cm³/mol. The molecule has 0 saturated carbocycles. The zero-order chi connectivity index (χ0) is 15.3. The van der Waals surface area contributed by atoms with Crippen LogP contribution < -0.4 is 19.5 Å². The zero-order valence-corrected chi connectivity index (χ0v) is 14.7. The minimum atomic E-state index is -3.71. The van der Waals surface area contributed by atoms with Crippen LogP contribution in [0.25, 0.3) is 0 Å². The third-order valence-corrected chi connectivity index (χ3v) is 4.69. The summed E-state index contributed by atoms with van der Waals surface area (Å²) < 4.78 is 37.1. The molecule has 0 fully saturated rings. The minimum Gasteiger partial charge on any atom is -0.493 e. The van der Waals surface area contributed by atoms with Gasteiger partial charge in [-0.2, -0.15) is 0 Å². The molecule has 0 amide bonds. The van der Waals surface area contributed by atoms with Crippen LogP contribution in [-0.4, -0.2) is 42.3 Å². The Bertz CT molecular complexity index is 567. The third kappa shape index (κ3) is 5.19. The first-order valence-electron chi connectivity index (χ1n) is 5.94. The molecule has 6 nitrogen and oxygen atoms in total. The molecule has 1 aromatic rings. The fourth-order valence-electron chi connectivity index (χ4n) is 1.46. The van der Waals surface area contributed by atoms with Gasteiger partial charge in [0.25, 0.3) is 0 Å². The van der Waals surface area contributed by atoms with Gasteiger partial charge in [0, 0.05) is 24.7 Å². The van der Waals surface area contributed by atoms with Crippen LogP contribution in [0.5, 0.6) is 11.5 Å². The van der Waals surface area contributed by atoms with Gasteiger partial charge in [-0.25, -0.2) is 13.1 Å². The number of sulfonamides is 1. The van der Waals surface area contributed by atoms with Gasteiger partial charge in [0.2, 0.25) is 10.0 Å². The van der Waals surface area contributed by atoms with Crippen LogP contribution >= 0.6 is 24.0 Å². The van der Waals surface area contributed by atoms with Gasteiger partial charge in [-0.3, -0.25) is 0 Å². The highest BCUT2D eigenvalue weighted by Gasteiger charge is 2.21. The van der Waals surface area contributed by atoms with E-state index < -0.39 is 10.0 Å². The summed E-state index contributed by atoms with van der Waals surface area (Å²) in [7, 11) is 0.924. The summed E-state index contributed by atoms with van der Waals surface area (Å²) in [4.78, 5) is -0.0416. The molecule has 2 N–H and O–H groups in total. The molecule has 122 valence electrons. The van der Waals surface area contributed by atoms with Crippen molar-refractivity contribution in [2.75, 3.05) is 27.8 Å². The van der Waals surface area contributed by atoms with Crippen LogP contribution in [0.4, 0.5) is 0 Å². The Balaban J connectivity index is 0.00000400. The lowest BCUT2D eigenvalue weighted by molar-refractivity contribution is 0.354. The van der Waals surface area contributed by atoms with E-state index in [-0.39, 0.29) is 34.9 Å². The quantitative estimate of drug-likeness (QED) is 0.775. The number of likely N-dealkylation sites (N-methyl/N-ethyl adjacent to an activating group) is 1. The fourth-order valence-corrected chi connectivity index (χ4v) is 3.12. The third-order valence-electron chi connectivity index (χ3n) is 2.80. The van der Waals surface area contributed by atoms with Crippen molar-refractivity contribution < 1.29 is 17.9 Å². The number of halogens is 2. The summed E-state index contributed by atoms with van der Waals surface area (Å²) >= 11 is 6.00. The summed E-state index contributed by atoms with van der Waals surface area (Å²) in [6.07, 6.45) is 0. The molecule has 1 unspecified atom stereocenters. The van der Waals surface area contributed by atoms with Crippen LogP contribution in [-0.2, 0) is 10.0 Å². The molecule has 0 aromatic heterocycles. The van der Waals surface area contributed by atoms with E-state index in [2.05, 4.69) is 10.0 Å². The molecule has 0 saturated heterocycles. The largest absolute Gasteiger partial charge is 0.493 e. The minimum absolute atomic E-state index is 0. The van der Waals surface area contributed by atoms with Crippen molar-refractivity contribution in [3.8, 4) is 11.5 Å². The van der Waals surface area contributed by atoms with Crippen LogP contribution in [0.1, 0.15) is 6.92 Å². The maximum absolute atomic E-state index is 12.2. The topological polar surface area (TPSA) is 76.7 Å². The highest BCUT2D eigenvalue weighted by molar-refractivity contribution is 7.89. The fraction of sp³-hybridized carbons (Fsp3) is 0.500. The smallest absolute Gasteiger partial charge is 0.242 e. The molecule has 0 heterocycles. The SMILES string of the molecule is CNC(C)CNS(=O)(=O)c1cc(OC)c(OC)cc1Cl.Cl. The second kappa shape index (κ2) is 8.65. The molecule has 1 rings (SSSR count). The summed E-state index contributed by atoms with van der Waals surface area (Å²) in [6.45, 7) is 2.11. The van der Waals surface area contributed by atoms with E-state index in [9.17, 15) is 8.42 Å². The van der Waals surface area contributed by atoms with Gasteiger partial charge in [-0.15, -0.1) is 12.4 Å². The first-order valence-corrected chi connectivity index (χ1v) is 7.80.